The first-order valence-corrected chi connectivity index (χ1v) is 3.91. The molecule has 0 saturated carbocycles. The fourth-order valence-electron chi connectivity index (χ4n) is 0.903. The Bertz CT molecular complexity index is 331. The molecule has 0 unspecified atom stereocenters. The van der Waals surface area contributed by atoms with Crippen molar-refractivity contribution in [3.05, 3.63) is 35.7 Å². The first-order valence-electron chi connectivity index (χ1n) is 3.91. The fourth-order valence-corrected chi connectivity index (χ4v) is 0.903. The van der Waals surface area contributed by atoms with Crippen LogP contribution in [0.5, 0.6) is 0 Å². The molecule has 0 N–H and O–H groups in total. The van der Waals surface area contributed by atoms with Gasteiger partial charge in [-0.1, -0.05) is 0 Å². The Morgan fingerprint density at radius 3 is 3.00 bits per heavy atom. The van der Waals surface area contributed by atoms with E-state index in [1.54, 1.807) is 12.3 Å². The normalized spacial score (nSPS) is 10.3. The predicted octanol–water partition coefficient (Wildman–Crippen LogP) is 1.58. The second-order valence-electron chi connectivity index (χ2n) is 2.59. The van der Waals surface area contributed by atoms with E-state index in [0.717, 1.165) is 11.3 Å². The van der Waals surface area contributed by atoms with E-state index in [1.807, 2.05) is 19.1 Å². The highest BCUT2D eigenvalue weighted by Gasteiger charge is 1.92. The maximum absolute atomic E-state index is 10.7. The molecular weight excluding hydrogens is 166 g/mol. The lowest BCUT2D eigenvalue weighted by Gasteiger charge is -1.94. The maximum Gasteiger partial charge on any atom is 0.330 e. The highest BCUT2D eigenvalue weighted by molar-refractivity contribution is 5.86. The Balaban J connectivity index is 2.74. The third-order valence-electron chi connectivity index (χ3n) is 1.53. The number of methoxy groups -OCH3 is 1. The quantitative estimate of drug-likeness (QED) is 0.508. The van der Waals surface area contributed by atoms with Gasteiger partial charge in [0.25, 0.3) is 0 Å². The van der Waals surface area contributed by atoms with Crippen molar-refractivity contribution in [3.8, 4) is 0 Å². The summed E-state index contributed by atoms with van der Waals surface area (Å²) in [6.45, 7) is 1.90. The molecule has 13 heavy (non-hydrogen) atoms. The van der Waals surface area contributed by atoms with E-state index in [-0.39, 0.29) is 5.97 Å². The molecule has 0 saturated heterocycles. The van der Waals surface area contributed by atoms with E-state index in [4.69, 9.17) is 0 Å². The first kappa shape index (κ1) is 9.45. The number of carbonyl (C=O) groups is 1. The Kier molecular flexibility index (Phi) is 3.20. The van der Waals surface area contributed by atoms with Crippen LogP contribution in [0.25, 0.3) is 6.08 Å². The summed E-state index contributed by atoms with van der Waals surface area (Å²) >= 11 is 0. The number of ether oxygens (including phenoxy) is 1. The van der Waals surface area contributed by atoms with Crippen molar-refractivity contribution in [1.82, 2.24) is 4.98 Å². The van der Waals surface area contributed by atoms with E-state index in [2.05, 4.69) is 9.72 Å². The standard InChI is InChI=1S/C10H11NO2/c1-8-7-9(5-6-11-8)3-4-10(12)13-2/h3-7H,1-2H3. The maximum atomic E-state index is 10.7. The molecule has 0 atom stereocenters. The van der Waals surface area contributed by atoms with Crippen LogP contribution in [0.1, 0.15) is 11.3 Å². The van der Waals surface area contributed by atoms with Crippen molar-refractivity contribution in [2.24, 2.45) is 0 Å². The molecule has 0 amide bonds. The van der Waals surface area contributed by atoms with E-state index < -0.39 is 0 Å². The predicted molar refractivity (Wildman–Crippen MR) is 50.0 cm³/mol. The zero-order chi connectivity index (χ0) is 9.68. The van der Waals surface area contributed by atoms with Gasteiger partial charge in [-0.25, -0.2) is 4.79 Å². The third kappa shape index (κ3) is 3.07. The number of nitrogens with zero attached hydrogens (tertiary/aromatic N) is 1. The van der Waals surface area contributed by atoms with Crippen LogP contribution < -0.4 is 0 Å². The third-order valence-corrected chi connectivity index (χ3v) is 1.53. The van der Waals surface area contributed by atoms with Gasteiger partial charge in [-0.15, -0.1) is 0 Å². The largest absolute Gasteiger partial charge is 0.466 e. The summed E-state index contributed by atoms with van der Waals surface area (Å²) in [5, 5.41) is 0. The second kappa shape index (κ2) is 4.40. The monoisotopic (exact) mass is 177 g/mol. The molecule has 0 radical (unpaired) electrons. The van der Waals surface area contributed by atoms with E-state index in [9.17, 15) is 4.79 Å². The molecule has 1 heterocycles. The van der Waals surface area contributed by atoms with Crippen LogP contribution in [0, 0.1) is 6.92 Å². The zero-order valence-electron chi connectivity index (χ0n) is 7.65. The lowest BCUT2D eigenvalue weighted by atomic mass is 10.2. The van der Waals surface area contributed by atoms with Gasteiger partial charge in [0.1, 0.15) is 0 Å². The summed E-state index contributed by atoms with van der Waals surface area (Å²) in [7, 11) is 1.35. The number of carbonyl (C=O) groups excluding carboxylic acids is 1. The van der Waals surface area contributed by atoms with Crippen molar-refractivity contribution < 1.29 is 9.53 Å². The van der Waals surface area contributed by atoms with Crippen LogP contribution in [-0.4, -0.2) is 18.1 Å². The second-order valence-corrected chi connectivity index (χ2v) is 2.59. The Morgan fingerprint density at radius 1 is 1.62 bits per heavy atom. The van der Waals surface area contributed by atoms with Gasteiger partial charge in [0.15, 0.2) is 0 Å². The van der Waals surface area contributed by atoms with Crippen molar-refractivity contribution in [2.75, 3.05) is 7.11 Å². The van der Waals surface area contributed by atoms with Gasteiger partial charge in [0, 0.05) is 18.0 Å². The first-order chi connectivity index (χ1) is 6.22. The summed E-state index contributed by atoms with van der Waals surface area (Å²) in [6, 6.07) is 3.71. The summed E-state index contributed by atoms with van der Waals surface area (Å²) in [5.74, 6) is -0.352. The minimum Gasteiger partial charge on any atom is -0.466 e. The van der Waals surface area contributed by atoms with Gasteiger partial charge >= 0.3 is 5.97 Å². The highest BCUT2D eigenvalue weighted by Crippen LogP contribution is 2.02. The van der Waals surface area contributed by atoms with Gasteiger partial charge in [0.05, 0.1) is 7.11 Å². The molecule has 0 aromatic carbocycles. The molecule has 3 heteroatoms. The summed E-state index contributed by atoms with van der Waals surface area (Å²) < 4.78 is 4.46. The SMILES string of the molecule is COC(=O)C=Cc1ccnc(C)c1. The number of hydrogen-bond donors (Lipinski definition) is 0. The van der Waals surface area contributed by atoms with Crippen LogP contribution in [0.4, 0.5) is 0 Å². The Morgan fingerprint density at radius 2 is 2.38 bits per heavy atom. The smallest absolute Gasteiger partial charge is 0.330 e. The van der Waals surface area contributed by atoms with Gasteiger partial charge in [0.2, 0.25) is 0 Å². The van der Waals surface area contributed by atoms with Crippen molar-refractivity contribution >= 4 is 12.0 Å². The van der Waals surface area contributed by atoms with E-state index in [0.29, 0.717) is 0 Å². The number of aromatic nitrogens is 1. The van der Waals surface area contributed by atoms with Crippen molar-refractivity contribution in [3.63, 3.8) is 0 Å². The summed E-state index contributed by atoms with van der Waals surface area (Å²) in [4.78, 5) is 14.8. The van der Waals surface area contributed by atoms with Gasteiger partial charge in [-0.05, 0) is 30.7 Å². The number of rotatable bonds is 2. The average Bonchev–Trinajstić information content (AvgIpc) is 2.14. The molecule has 1 aromatic rings. The number of hydrogen-bond acceptors (Lipinski definition) is 3. The molecule has 0 aliphatic carbocycles. The zero-order valence-corrected chi connectivity index (χ0v) is 7.65. The minimum atomic E-state index is -0.352. The van der Waals surface area contributed by atoms with E-state index >= 15 is 0 Å². The highest BCUT2D eigenvalue weighted by atomic mass is 16.5. The van der Waals surface area contributed by atoms with Crippen LogP contribution in [0.15, 0.2) is 24.4 Å². The van der Waals surface area contributed by atoms with Crippen LogP contribution in [0.3, 0.4) is 0 Å². The van der Waals surface area contributed by atoms with Crippen LogP contribution in [0.2, 0.25) is 0 Å². The number of aryl methyl sites for hydroxylation is 1. The van der Waals surface area contributed by atoms with Crippen molar-refractivity contribution in [2.45, 2.75) is 6.92 Å². The molecule has 0 fully saturated rings. The average molecular weight is 177 g/mol. The summed E-state index contributed by atoms with van der Waals surface area (Å²) in [5.41, 5.74) is 1.87. The van der Waals surface area contributed by atoms with Crippen LogP contribution in [-0.2, 0) is 9.53 Å². The minimum absolute atomic E-state index is 0.352. The Labute approximate surface area is 77.1 Å². The lowest BCUT2D eigenvalue weighted by Crippen LogP contribution is -1.93. The van der Waals surface area contributed by atoms with Crippen molar-refractivity contribution in [1.29, 1.82) is 0 Å². The molecule has 68 valence electrons. The van der Waals surface area contributed by atoms with Gasteiger partial charge < -0.3 is 4.74 Å². The topological polar surface area (TPSA) is 39.2 Å². The molecule has 1 rings (SSSR count). The molecule has 0 aliphatic heterocycles. The molecule has 0 bridgehead atoms. The summed E-state index contributed by atoms with van der Waals surface area (Å²) in [6.07, 6.45) is 4.78. The van der Waals surface area contributed by atoms with Crippen LogP contribution >= 0.6 is 0 Å². The molecule has 0 spiro atoms. The molecule has 0 aliphatic rings. The fraction of sp³-hybridized carbons (Fsp3) is 0.200. The lowest BCUT2D eigenvalue weighted by molar-refractivity contribution is -0.134. The molecule has 1 aromatic heterocycles. The number of esters is 1. The Hall–Kier alpha value is -1.64. The van der Waals surface area contributed by atoms with Gasteiger partial charge in [-0.3, -0.25) is 4.98 Å². The molecule has 3 nitrogen and oxygen atoms in total. The van der Waals surface area contributed by atoms with Gasteiger partial charge in [-0.2, -0.15) is 0 Å². The number of pyridine rings is 1. The molecular formula is C10H11NO2. The van der Waals surface area contributed by atoms with E-state index in [1.165, 1.54) is 13.2 Å².